The van der Waals surface area contributed by atoms with Gasteiger partial charge in [0.2, 0.25) is 0 Å². The average molecular weight is 557 g/mol. The summed E-state index contributed by atoms with van der Waals surface area (Å²) in [6, 6.07) is 6.14. The van der Waals surface area contributed by atoms with Gasteiger partial charge in [-0.1, -0.05) is 47.6 Å². The number of benzene rings is 1. The van der Waals surface area contributed by atoms with Crippen LogP contribution in [0.4, 0.5) is 4.39 Å². The number of hydrogen-bond acceptors (Lipinski definition) is 4. The SMILES string of the molecule is CC(C)(C)[S@](=O)N[C@@H](Cc1ccc(F)c(C#N)c1)[C@@H](CO[Si](C)(C)C(C)(C)C)O[Si](C)(C)C(C)(C)C. The fourth-order valence-electron chi connectivity index (χ4n) is 2.90. The van der Waals surface area contributed by atoms with Gasteiger partial charge in [0, 0.05) is 0 Å². The number of halogens is 1. The number of nitrogens with one attached hydrogen (secondary N) is 1. The number of rotatable bonds is 10. The molecule has 3 atom stereocenters. The molecule has 1 aromatic carbocycles. The van der Waals surface area contributed by atoms with Gasteiger partial charge in [-0.15, -0.1) is 0 Å². The lowest BCUT2D eigenvalue weighted by Crippen LogP contribution is -2.56. The summed E-state index contributed by atoms with van der Waals surface area (Å²) in [4.78, 5) is 0. The van der Waals surface area contributed by atoms with E-state index in [1.54, 1.807) is 12.1 Å². The van der Waals surface area contributed by atoms with E-state index >= 15 is 0 Å². The van der Waals surface area contributed by atoms with Crippen molar-refractivity contribution in [1.29, 1.82) is 5.26 Å². The normalized spacial score (nSPS) is 16.4. The Morgan fingerprint density at radius 3 is 1.97 bits per heavy atom. The van der Waals surface area contributed by atoms with E-state index in [1.807, 2.05) is 26.8 Å². The van der Waals surface area contributed by atoms with Crippen LogP contribution < -0.4 is 4.72 Å². The zero-order valence-corrected chi connectivity index (χ0v) is 27.6. The van der Waals surface area contributed by atoms with Crippen LogP contribution in [0.25, 0.3) is 0 Å². The van der Waals surface area contributed by atoms with Crippen molar-refractivity contribution in [2.75, 3.05) is 6.61 Å². The fourth-order valence-corrected chi connectivity index (χ4v) is 6.12. The van der Waals surface area contributed by atoms with Gasteiger partial charge < -0.3 is 8.85 Å². The van der Waals surface area contributed by atoms with Crippen LogP contribution in [-0.4, -0.2) is 44.3 Å². The van der Waals surface area contributed by atoms with E-state index in [9.17, 15) is 13.9 Å². The molecule has 0 bridgehead atoms. The molecule has 0 amide bonds. The van der Waals surface area contributed by atoms with Crippen molar-refractivity contribution in [3.05, 3.63) is 35.1 Å². The Balaban J connectivity index is 3.52. The first kappa shape index (κ1) is 33.1. The van der Waals surface area contributed by atoms with Crippen molar-refractivity contribution in [2.45, 2.75) is 122 Å². The zero-order valence-electron chi connectivity index (χ0n) is 24.8. The maximum atomic E-state index is 14.0. The van der Waals surface area contributed by atoms with Crippen LogP contribution in [0, 0.1) is 17.1 Å². The first-order valence-electron chi connectivity index (χ1n) is 12.7. The molecular weight excluding hydrogens is 508 g/mol. The quantitative estimate of drug-likeness (QED) is 0.313. The predicted molar refractivity (Wildman–Crippen MR) is 155 cm³/mol. The van der Waals surface area contributed by atoms with Crippen LogP contribution >= 0.6 is 0 Å². The molecule has 0 aromatic heterocycles. The van der Waals surface area contributed by atoms with Crippen molar-refractivity contribution in [2.24, 2.45) is 0 Å². The zero-order chi connectivity index (χ0) is 28.3. The summed E-state index contributed by atoms with van der Waals surface area (Å²) in [5, 5.41) is 9.35. The third kappa shape index (κ3) is 9.14. The van der Waals surface area contributed by atoms with E-state index < -0.39 is 38.2 Å². The molecule has 0 unspecified atom stereocenters. The number of hydrogen-bond donors (Lipinski definition) is 1. The lowest BCUT2D eigenvalue weighted by atomic mass is 10.0. The van der Waals surface area contributed by atoms with Gasteiger partial charge in [-0.05, 0) is 81.2 Å². The maximum Gasteiger partial charge on any atom is 0.192 e. The van der Waals surface area contributed by atoms with Gasteiger partial charge in [-0.3, -0.25) is 0 Å². The van der Waals surface area contributed by atoms with Gasteiger partial charge in [0.1, 0.15) is 11.9 Å². The Labute approximate surface area is 224 Å². The molecule has 0 radical (unpaired) electrons. The molecule has 0 spiro atoms. The van der Waals surface area contributed by atoms with Gasteiger partial charge in [0.25, 0.3) is 0 Å². The molecule has 0 saturated heterocycles. The monoisotopic (exact) mass is 556 g/mol. The average Bonchev–Trinajstić information content (AvgIpc) is 2.69. The van der Waals surface area contributed by atoms with E-state index in [0.717, 1.165) is 5.56 Å². The largest absolute Gasteiger partial charge is 0.414 e. The van der Waals surface area contributed by atoms with Crippen molar-refractivity contribution >= 4 is 27.6 Å². The van der Waals surface area contributed by atoms with Crippen LogP contribution in [0.1, 0.15) is 73.4 Å². The maximum absolute atomic E-state index is 14.0. The molecule has 1 rings (SSSR count). The summed E-state index contributed by atoms with van der Waals surface area (Å²) in [5.74, 6) is -0.542. The van der Waals surface area contributed by atoms with Crippen molar-refractivity contribution in [3.63, 3.8) is 0 Å². The highest BCUT2D eigenvalue weighted by molar-refractivity contribution is 7.84. The summed E-state index contributed by atoms with van der Waals surface area (Å²) in [6.45, 7) is 28.2. The Morgan fingerprint density at radius 1 is 1.00 bits per heavy atom. The summed E-state index contributed by atoms with van der Waals surface area (Å²) in [7, 11) is -5.68. The van der Waals surface area contributed by atoms with Crippen LogP contribution in [0.2, 0.25) is 36.3 Å². The van der Waals surface area contributed by atoms with Gasteiger partial charge in [0.05, 0.1) is 40.0 Å². The van der Waals surface area contributed by atoms with Gasteiger partial charge in [-0.2, -0.15) is 5.26 Å². The topological polar surface area (TPSA) is 71.4 Å². The molecule has 0 aliphatic heterocycles. The molecule has 36 heavy (non-hydrogen) atoms. The molecule has 0 aliphatic carbocycles. The highest BCUT2D eigenvalue weighted by Gasteiger charge is 2.43. The Bertz CT molecular complexity index is 958. The van der Waals surface area contributed by atoms with Gasteiger partial charge in [-0.25, -0.2) is 13.3 Å². The lowest BCUT2D eigenvalue weighted by molar-refractivity contribution is 0.0823. The summed E-state index contributed by atoms with van der Waals surface area (Å²) >= 11 is 0. The van der Waals surface area contributed by atoms with E-state index in [1.165, 1.54) is 6.07 Å². The highest BCUT2D eigenvalue weighted by Crippen LogP contribution is 2.39. The first-order valence-corrected chi connectivity index (χ1v) is 19.7. The molecule has 206 valence electrons. The standard InChI is InChI=1S/C27H49FN2O3SSi2/c1-25(2,3)34(31)30-23(17-20-14-15-22(28)21(16-20)18-29)24(33-36(12,13)27(7,8)9)19-32-35(10,11)26(4,5)6/h14-16,23-24,30H,17,19H2,1-13H3/t23-,24+,34-/m0/s1. The second-order valence-electron chi connectivity index (χ2n) is 13.7. The first-order chi connectivity index (χ1) is 16.0. The molecular formula is C27H49FN2O3SSi2. The Kier molecular flexibility index (Phi) is 10.9. The Morgan fingerprint density at radius 2 is 1.53 bits per heavy atom. The highest BCUT2D eigenvalue weighted by atomic mass is 32.2. The smallest absolute Gasteiger partial charge is 0.192 e. The van der Waals surface area contributed by atoms with Crippen molar-refractivity contribution < 1.29 is 17.5 Å². The number of nitrogens with zero attached hydrogens (tertiary/aromatic N) is 1. The summed E-state index contributed by atoms with van der Waals surface area (Å²) in [6.07, 6.45) is 0.0543. The van der Waals surface area contributed by atoms with Crippen LogP contribution in [0.5, 0.6) is 0 Å². The van der Waals surface area contributed by atoms with Crippen molar-refractivity contribution in [3.8, 4) is 6.07 Å². The van der Waals surface area contributed by atoms with Crippen LogP contribution in [0.3, 0.4) is 0 Å². The van der Waals surface area contributed by atoms with Gasteiger partial charge in [0.15, 0.2) is 16.6 Å². The summed E-state index contributed by atoms with van der Waals surface area (Å²) in [5.41, 5.74) is 0.787. The van der Waals surface area contributed by atoms with E-state index in [-0.39, 0.29) is 27.8 Å². The number of nitriles is 1. The molecule has 0 heterocycles. The van der Waals surface area contributed by atoms with Crippen molar-refractivity contribution in [1.82, 2.24) is 4.72 Å². The minimum absolute atomic E-state index is 0.00239. The van der Waals surface area contributed by atoms with E-state index in [4.69, 9.17) is 8.85 Å². The molecule has 5 nitrogen and oxygen atoms in total. The molecule has 1 aromatic rings. The van der Waals surface area contributed by atoms with Crippen LogP contribution in [0.15, 0.2) is 18.2 Å². The third-order valence-electron chi connectivity index (χ3n) is 7.54. The molecule has 0 fully saturated rings. The molecule has 0 saturated carbocycles. The predicted octanol–water partition coefficient (Wildman–Crippen LogP) is 7.07. The van der Waals surface area contributed by atoms with E-state index in [2.05, 4.69) is 72.5 Å². The lowest BCUT2D eigenvalue weighted by Gasteiger charge is -2.44. The second-order valence-corrected chi connectivity index (χ2v) is 25.3. The minimum Gasteiger partial charge on any atom is -0.414 e. The molecule has 9 heteroatoms. The van der Waals surface area contributed by atoms with Gasteiger partial charge >= 0.3 is 0 Å². The molecule has 1 N–H and O–H groups in total. The summed E-state index contributed by atoms with van der Waals surface area (Å²) < 4.78 is 43.7. The fraction of sp³-hybridized carbons (Fsp3) is 0.741. The molecule has 0 aliphatic rings. The van der Waals surface area contributed by atoms with Crippen LogP contribution in [-0.2, 0) is 26.3 Å². The minimum atomic E-state index is -2.23. The third-order valence-corrected chi connectivity index (χ3v) is 18.2. The van der Waals surface area contributed by atoms with E-state index in [0.29, 0.717) is 13.0 Å². The second kappa shape index (κ2) is 11.9. The Hall–Kier alpha value is -0.896.